The number of aromatic amines is 1. The predicted octanol–water partition coefficient (Wildman–Crippen LogP) is 7.62. The fourth-order valence-electron chi connectivity index (χ4n) is 4.64. The standard InChI is InChI=1S/C25H18Cl4N2O2/c1-12-18(15-6-4-5-7-16(15)30-12)25(13-8-10-14(11-9-13)31(2)3)19-17(24(32)33-25)20(26)22(28)23(29)21(19)27/h4-11,30H,1-3H3. The van der Waals surface area contributed by atoms with Crippen LogP contribution in [0.15, 0.2) is 48.5 Å². The van der Waals surface area contributed by atoms with Gasteiger partial charge < -0.3 is 14.6 Å². The average molecular weight is 520 g/mol. The quantitative estimate of drug-likeness (QED) is 0.172. The van der Waals surface area contributed by atoms with Crippen molar-refractivity contribution < 1.29 is 9.53 Å². The van der Waals surface area contributed by atoms with Crippen LogP contribution in [0.4, 0.5) is 5.69 Å². The van der Waals surface area contributed by atoms with E-state index >= 15 is 0 Å². The number of fused-ring (bicyclic) bond motifs is 2. The molecule has 1 aliphatic heterocycles. The Bertz CT molecular complexity index is 1440. The molecule has 1 atom stereocenters. The molecule has 0 saturated heterocycles. The first-order valence-corrected chi connectivity index (χ1v) is 11.6. The minimum absolute atomic E-state index is 0.0217. The molecular formula is C25H18Cl4N2O2. The topological polar surface area (TPSA) is 45.3 Å². The Labute approximate surface area is 211 Å². The number of halogens is 4. The van der Waals surface area contributed by atoms with Gasteiger partial charge in [0.2, 0.25) is 0 Å². The summed E-state index contributed by atoms with van der Waals surface area (Å²) in [4.78, 5) is 18.7. The van der Waals surface area contributed by atoms with Crippen molar-refractivity contribution in [1.82, 2.24) is 4.98 Å². The summed E-state index contributed by atoms with van der Waals surface area (Å²) in [6, 6.07) is 15.6. The third-order valence-electron chi connectivity index (χ3n) is 6.10. The van der Waals surface area contributed by atoms with E-state index in [-0.39, 0.29) is 25.7 Å². The van der Waals surface area contributed by atoms with Gasteiger partial charge in [-0.05, 0) is 25.1 Å². The van der Waals surface area contributed by atoms with Crippen molar-refractivity contribution >= 4 is 69.0 Å². The number of carbonyl (C=O) groups excluding carboxylic acids is 1. The SMILES string of the molecule is Cc1[nH]c2ccccc2c1C1(c2ccc(N(C)C)cc2)OC(=O)c2c(Cl)c(Cl)c(Cl)c(Cl)c21. The Hall–Kier alpha value is -2.37. The number of benzene rings is 3. The highest BCUT2D eigenvalue weighted by Gasteiger charge is 2.54. The van der Waals surface area contributed by atoms with Gasteiger partial charge in [0.25, 0.3) is 0 Å². The smallest absolute Gasteiger partial charge is 0.341 e. The molecule has 2 heterocycles. The highest BCUT2D eigenvalue weighted by Crippen LogP contribution is 2.57. The summed E-state index contributed by atoms with van der Waals surface area (Å²) in [6.45, 7) is 1.93. The lowest BCUT2D eigenvalue weighted by atomic mass is 9.78. The van der Waals surface area contributed by atoms with Crippen molar-refractivity contribution in [1.29, 1.82) is 0 Å². The lowest BCUT2D eigenvalue weighted by Gasteiger charge is -2.32. The Kier molecular flexibility index (Phi) is 5.33. The molecule has 1 unspecified atom stereocenters. The number of hydrogen-bond acceptors (Lipinski definition) is 3. The van der Waals surface area contributed by atoms with E-state index in [9.17, 15) is 4.79 Å². The zero-order valence-corrected chi connectivity index (χ0v) is 20.9. The second-order valence-corrected chi connectivity index (χ2v) is 9.70. The van der Waals surface area contributed by atoms with Crippen molar-refractivity contribution in [3.8, 4) is 0 Å². The zero-order chi connectivity index (χ0) is 23.7. The number of rotatable bonds is 3. The minimum atomic E-state index is -1.38. The van der Waals surface area contributed by atoms with E-state index in [1.807, 2.05) is 74.4 Å². The summed E-state index contributed by atoms with van der Waals surface area (Å²) in [5.74, 6) is -0.614. The van der Waals surface area contributed by atoms with E-state index in [1.54, 1.807) is 0 Å². The van der Waals surface area contributed by atoms with Gasteiger partial charge in [0.1, 0.15) is 0 Å². The fourth-order valence-corrected chi connectivity index (χ4v) is 5.71. The molecule has 8 heteroatoms. The molecule has 0 spiro atoms. The van der Waals surface area contributed by atoms with Gasteiger partial charge in [-0.15, -0.1) is 0 Å². The monoisotopic (exact) mass is 518 g/mol. The molecule has 0 bridgehead atoms. The van der Waals surface area contributed by atoms with Crippen LogP contribution in [0.5, 0.6) is 0 Å². The number of H-pyrrole nitrogens is 1. The van der Waals surface area contributed by atoms with Crippen LogP contribution in [0.2, 0.25) is 20.1 Å². The maximum absolute atomic E-state index is 13.3. The Balaban J connectivity index is 1.96. The number of hydrogen-bond donors (Lipinski definition) is 1. The molecular weight excluding hydrogens is 502 g/mol. The predicted molar refractivity (Wildman–Crippen MR) is 136 cm³/mol. The number of anilines is 1. The maximum Gasteiger partial charge on any atom is 0.341 e. The molecule has 33 heavy (non-hydrogen) atoms. The number of cyclic esters (lactones) is 1. The van der Waals surface area contributed by atoms with Gasteiger partial charge >= 0.3 is 5.97 Å². The summed E-state index contributed by atoms with van der Waals surface area (Å²) in [5.41, 5.74) is 3.33. The second-order valence-electron chi connectivity index (χ2n) is 8.19. The lowest BCUT2D eigenvalue weighted by molar-refractivity contribution is 0.0254. The maximum atomic E-state index is 13.3. The van der Waals surface area contributed by atoms with Crippen molar-refractivity contribution in [3.63, 3.8) is 0 Å². The number of aromatic nitrogens is 1. The van der Waals surface area contributed by atoms with Crippen LogP contribution in [-0.4, -0.2) is 25.0 Å². The number of para-hydroxylation sites is 1. The number of nitrogens with zero attached hydrogens (tertiary/aromatic N) is 1. The normalized spacial score (nSPS) is 17.4. The molecule has 3 aromatic carbocycles. The lowest BCUT2D eigenvalue weighted by Crippen LogP contribution is -2.30. The van der Waals surface area contributed by atoms with E-state index < -0.39 is 11.6 Å². The summed E-state index contributed by atoms with van der Waals surface area (Å²) in [7, 11) is 3.91. The number of aryl methyl sites for hydroxylation is 1. The summed E-state index contributed by atoms with van der Waals surface area (Å²) >= 11 is 26.1. The molecule has 0 amide bonds. The highest BCUT2D eigenvalue weighted by molar-refractivity contribution is 6.53. The third kappa shape index (κ3) is 3.08. The van der Waals surface area contributed by atoms with Crippen molar-refractivity contribution in [2.24, 2.45) is 0 Å². The molecule has 1 N–H and O–H groups in total. The minimum Gasteiger partial charge on any atom is -0.440 e. The van der Waals surface area contributed by atoms with Crippen molar-refractivity contribution in [2.45, 2.75) is 12.5 Å². The van der Waals surface area contributed by atoms with Crippen LogP contribution in [-0.2, 0) is 10.3 Å². The summed E-state index contributed by atoms with van der Waals surface area (Å²) < 4.78 is 6.25. The van der Waals surface area contributed by atoms with E-state index in [4.69, 9.17) is 51.1 Å². The molecule has 0 saturated carbocycles. The first-order valence-electron chi connectivity index (χ1n) is 10.1. The van der Waals surface area contributed by atoms with Crippen LogP contribution in [0.1, 0.15) is 32.7 Å². The number of ether oxygens (including phenoxy) is 1. The van der Waals surface area contributed by atoms with Crippen LogP contribution in [0.3, 0.4) is 0 Å². The van der Waals surface area contributed by atoms with E-state index in [0.29, 0.717) is 11.1 Å². The number of nitrogens with one attached hydrogen (secondary N) is 1. The Morgan fingerprint density at radius 3 is 2.15 bits per heavy atom. The third-order valence-corrected chi connectivity index (χ3v) is 7.91. The van der Waals surface area contributed by atoms with Gasteiger partial charge in [-0.25, -0.2) is 4.79 Å². The van der Waals surface area contributed by atoms with Gasteiger partial charge in [-0.2, -0.15) is 0 Å². The largest absolute Gasteiger partial charge is 0.440 e. The fraction of sp³-hybridized carbons (Fsp3) is 0.160. The first-order chi connectivity index (χ1) is 15.7. The molecule has 5 rings (SSSR count). The van der Waals surface area contributed by atoms with E-state index in [1.165, 1.54) is 0 Å². The van der Waals surface area contributed by atoms with E-state index in [2.05, 4.69) is 4.98 Å². The van der Waals surface area contributed by atoms with Gasteiger partial charge in [-0.1, -0.05) is 76.7 Å². The first kappa shape index (κ1) is 22.4. The molecule has 0 aliphatic carbocycles. The molecule has 0 radical (unpaired) electrons. The van der Waals surface area contributed by atoms with Gasteiger partial charge in [0.05, 0.1) is 25.7 Å². The van der Waals surface area contributed by atoms with Crippen LogP contribution in [0, 0.1) is 6.92 Å². The highest BCUT2D eigenvalue weighted by atomic mass is 35.5. The molecule has 168 valence electrons. The van der Waals surface area contributed by atoms with Crippen LogP contribution < -0.4 is 4.90 Å². The second kappa shape index (κ2) is 7.85. The molecule has 4 nitrogen and oxygen atoms in total. The van der Waals surface area contributed by atoms with Crippen molar-refractivity contribution in [2.75, 3.05) is 19.0 Å². The summed E-state index contributed by atoms with van der Waals surface area (Å²) in [5, 5.41) is 1.15. The Morgan fingerprint density at radius 1 is 0.848 bits per heavy atom. The molecule has 1 aliphatic rings. The van der Waals surface area contributed by atoms with Gasteiger partial charge in [-0.3, -0.25) is 0 Å². The molecule has 0 fully saturated rings. The summed E-state index contributed by atoms with van der Waals surface area (Å²) in [6.07, 6.45) is 0. The average Bonchev–Trinajstić information content (AvgIpc) is 3.30. The number of esters is 1. The zero-order valence-electron chi connectivity index (χ0n) is 17.9. The molecule has 1 aromatic heterocycles. The Morgan fingerprint density at radius 2 is 1.48 bits per heavy atom. The van der Waals surface area contributed by atoms with Gasteiger partial charge in [0.15, 0.2) is 5.60 Å². The number of carbonyl (C=O) groups is 1. The van der Waals surface area contributed by atoms with E-state index in [0.717, 1.165) is 27.8 Å². The van der Waals surface area contributed by atoms with Gasteiger partial charge in [0, 0.05) is 53.1 Å². The van der Waals surface area contributed by atoms with Crippen LogP contribution >= 0.6 is 46.4 Å². The van der Waals surface area contributed by atoms with Crippen LogP contribution in [0.25, 0.3) is 10.9 Å². The molecule has 4 aromatic rings. The van der Waals surface area contributed by atoms with Crippen molar-refractivity contribution in [3.05, 3.63) is 96.6 Å².